The van der Waals surface area contributed by atoms with Crippen LogP contribution >= 0.6 is 0 Å². The molecule has 0 bridgehead atoms. The summed E-state index contributed by atoms with van der Waals surface area (Å²) < 4.78 is 1.86. The van der Waals surface area contributed by atoms with E-state index in [1.807, 2.05) is 11.6 Å². The molecule has 2 aromatic heterocycles. The van der Waals surface area contributed by atoms with Crippen LogP contribution in [0.1, 0.15) is 49.0 Å². The van der Waals surface area contributed by atoms with Crippen molar-refractivity contribution in [2.45, 2.75) is 46.6 Å². The van der Waals surface area contributed by atoms with Crippen LogP contribution in [-0.2, 0) is 6.42 Å². The van der Waals surface area contributed by atoms with E-state index in [1.54, 1.807) is 0 Å². The third-order valence-corrected chi connectivity index (χ3v) is 4.20. The van der Waals surface area contributed by atoms with Gasteiger partial charge in [0.1, 0.15) is 11.2 Å². The van der Waals surface area contributed by atoms with Gasteiger partial charge in [-0.25, -0.2) is 9.67 Å². The molecule has 1 atom stereocenters. The lowest BCUT2D eigenvalue weighted by atomic mass is 10.1. The molecular weight excluding hydrogens is 288 g/mol. The Labute approximate surface area is 135 Å². The fraction of sp³-hybridized carbons (Fsp3) is 0.389. The number of aromatic amines is 1. The molecule has 0 saturated heterocycles. The van der Waals surface area contributed by atoms with E-state index < -0.39 is 0 Å². The zero-order valence-corrected chi connectivity index (χ0v) is 14.1. The first kappa shape index (κ1) is 15.5. The monoisotopic (exact) mass is 310 g/mol. The number of benzene rings is 1. The highest BCUT2D eigenvalue weighted by atomic mass is 16.1. The average molecular weight is 310 g/mol. The van der Waals surface area contributed by atoms with Gasteiger partial charge in [0.05, 0.1) is 11.7 Å². The van der Waals surface area contributed by atoms with E-state index in [0.29, 0.717) is 11.0 Å². The second kappa shape index (κ2) is 5.99. The molecule has 0 amide bonds. The third-order valence-electron chi connectivity index (χ3n) is 4.20. The minimum Gasteiger partial charge on any atom is -0.310 e. The first-order valence-corrected chi connectivity index (χ1v) is 8.05. The number of hydrogen-bond acceptors (Lipinski definition) is 3. The average Bonchev–Trinajstić information content (AvgIpc) is 2.85. The fourth-order valence-electron chi connectivity index (χ4n) is 2.87. The predicted octanol–water partition coefficient (Wildman–Crippen LogP) is 3.30. The van der Waals surface area contributed by atoms with Crippen LogP contribution in [0.2, 0.25) is 0 Å². The van der Waals surface area contributed by atoms with Crippen molar-refractivity contribution < 1.29 is 0 Å². The molecule has 23 heavy (non-hydrogen) atoms. The molecule has 0 aliphatic heterocycles. The number of rotatable bonds is 4. The van der Waals surface area contributed by atoms with Crippen LogP contribution in [0.3, 0.4) is 0 Å². The summed E-state index contributed by atoms with van der Waals surface area (Å²) in [6.07, 6.45) is 1.70. The fourth-order valence-corrected chi connectivity index (χ4v) is 2.87. The first-order valence-electron chi connectivity index (χ1n) is 8.05. The molecule has 120 valence electrons. The molecule has 0 spiro atoms. The van der Waals surface area contributed by atoms with Crippen LogP contribution in [0.4, 0.5) is 0 Å². The maximum Gasteiger partial charge on any atom is 0.262 e. The number of nitrogens with zero attached hydrogens (tertiary/aromatic N) is 3. The molecule has 3 rings (SSSR count). The Morgan fingerprint density at radius 1 is 1.22 bits per heavy atom. The van der Waals surface area contributed by atoms with Crippen molar-refractivity contribution >= 4 is 11.0 Å². The molecule has 1 aromatic carbocycles. The molecule has 1 unspecified atom stereocenters. The Morgan fingerprint density at radius 2 is 1.91 bits per heavy atom. The maximum atomic E-state index is 12.4. The molecule has 0 aliphatic carbocycles. The van der Waals surface area contributed by atoms with E-state index in [4.69, 9.17) is 0 Å². The van der Waals surface area contributed by atoms with E-state index >= 15 is 0 Å². The van der Waals surface area contributed by atoms with Crippen molar-refractivity contribution in [3.05, 3.63) is 57.3 Å². The van der Waals surface area contributed by atoms with Crippen molar-refractivity contribution in [3.8, 4) is 0 Å². The van der Waals surface area contributed by atoms with Crippen molar-refractivity contribution in [3.63, 3.8) is 0 Å². The minimum atomic E-state index is -0.0988. The van der Waals surface area contributed by atoms with Gasteiger partial charge in [-0.1, -0.05) is 36.8 Å². The lowest BCUT2D eigenvalue weighted by Gasteiger charge is -2.14. The molecule has 1 N–H and O–H groups in total. The molecule has 2 heterocycles. The highest BCUT2D eigenvalue weighted by Crippen LogP contribution is 2.23. The van der Waals surface area contributed by atoms with E-state index in [9.17, 15) is 4.79 Å². The van der Waals surface area contributed by atoms with Crippen molar-refractivity contribution in [1.82, 2.24) is 19.7 Å². The molecule has 0 radical (unpaired) electrons. The number of aryl methyl sites for hydroxylation is 3. The summed E-state index contributed by atoms with van der Waals surface area (Å²) in [5.41, 5.74) is 3.67. The van der Waals surface area contributed by atoms with Crippen LogP contribution in [0.5, 0.6) is 0 Å². The number of fused-ring (bicyclic) bond motifs is 1. The molecule has 5 heteroatoms. The van der Waals surface area contributed by atoms with Gasteiger partial charge < -0.3 is 4.98 Å². The Kier molecular flexibility index (Phi) is 4.03. The summed E-state index contributed by atoms with van der Waals surface area (Å²) >= 11 is 0. The van der Waals surface area contributed by atoms with Gasteiger partial charge in [0.2, 0.25) is 0 Å². The van der Waals surface area contributed by atoms with Crippen LogP contribution < -0.4 is 5.56 Å². The predicted molar refractivity (Wildman–Crippen MR) is 91.9 cm³/mol. The van der Waals surface area contributed by atoms with Gasteiger partial charge in [-0.05, 0) is 32.8 Å². The van der Waals surface area contributed by atoms with Crippen molar-refractivity contribution in [1.29, 1.82) is 0 Å². The van der Waals surface area contributed by atoms with Gasteiger partial charge in [-0.2, -0.15) is 5.10 Å². The second-order valence-electron chi connectivity index (χ2n) is 6.08. The Balaban J connectivity index is 2.16. The number of H-pyrrole nitrogens is 1. The highest BCUT2D eigenvalue weighted by Gasteiger charge is 2.18. The highest BCUT2D eigenvalue weighted by molar-refractivity contribution is 5.77. The Hall–Kier alpha value is -2.43. The maximum absolute atomic E-state index is 12.4. The lowest BCUT2D eigenvalue weighted by Crippen LogP contribution is -2.14. The number of aromatic nitrogens is 4. The number of nitrogens with one attached hydrogen (secondary N) is 1. The lowest BCUT2D eigenvalue weighted by molar-refractivity contribution is 0.573. The zero-order chi connectivity index (χ0) is 16.6. The Morgan fingerprint density at radius 3 is 2.57 bits per heavy atom. The van der Waals surface area contributed by atoms with Gasteiger partial charge in [0, 0.05) is 6.42 Å². The standard InChI is InChI=1S/C18H22N4O/c1-5-6-15-19-17-16(18(23)20-15)12(3)21-22(17)13(4)14-9-7-11(2)8-10-14/h7-10,13H,5-6H2,1-4H3,(H,19,20,23). The van der Waals surface area contributed by atoms with E-state index in [2.05, 4.69) is 60.1 Å². The van der Waals surface area contributed by atoms with Crippen LogP contribution in [0.25, 0.3) is 11.0 Å². The minimum absolute atomic E-state index is 0.0237. The van der Waals surface area contributed by atoms with E-state index in [1.165, 1.54) is 5.56 Å². The van der Waals surface area contributed by atoms with Gasteiger partial charge in [0.25, 0.3) is 5.56 Å². The summed E-state index contributed by atoms with van der Waals surface area (Å²) in [5, 5.41) is 5.17. The third kappa shape index (κ3) is 2.79. The molecule has 0 saturated carbocycles. The summed E-state index contributed by atoms with van der Waals surface area (Å²) in [6, 6.07) is 8.40. The molecular formula is C18H22N4O. The van der Waals surface area contributed by atoms with E-state index in [0.717, 1.165) is 29.9 Å². The van der Waals surface area contributed by atoms with Gasteiger partial charge in [0.15, 0.2) is 5.65 Å². The summed E-state index contributed by atoms with van der Waals surface area (Å²) in [7, 11) is 0. The first-order chi connectivity index (χ1) is 11.0. The Bertz CT molecular complexity index is 890. The normalized spacial score (nSPS) is 12.7. The second-order valence-corrected chi connectivity index (χ2v) is 6.08. The molecule has 0 aliphatic rings. The molecule has 3 aromatic rings. The quantitative estimate of drug-likeness (QED) is 0.804. The van der Waals surface area contributed by atoms with Gasteiger partial charge in [-0.3, -0.25) is 4.79 Å². The van der Waals surface area contributed by atoms with Crippen LogP contribution in [0, 0.1) is 13.8 Å². The van der Waals surface area contributed by atoms with Crippen LogP contribution in [0.15, 0.2) is 29.1 Å². The SMILES string of the molecule is CCCc1nc2c(c(C)nn2C(C)c2ccc(C)cc2)c(=O)[nH]1. The largest absolute Gasteiger partial charge is 0.310 e. The zero-order valence-electron chi connectivity index (χ0n) is 14.1. The van der Waals surface area contributed by atoms with Crippen LogP contribution in [-0.4, -0.2) is 19.7 Å². The number of hydrogen-bond donors (Lipinski definition) is 1. The van der Waals surface area contributed by atoms with Gasteiger partial charge >= 0.3 is 0 Å². The van der Waals surface area contributed by atoms with Gasteiger partial charge in [-0.15, -0.1) is 0 Å². The summed E-state index contributed by atoms with van der Waals surface area (Å²) in [5.74, 6) is 0.724. The molecule has 0 fully saturated rings. The van der Waals surface area contributed by atoms with Crippen molar-refractivity contribution in [2.24, 2.45) is 0 Å². The summed E-state index contributed by atoms with van der Waals surface area (Å²) in [6.45, 7) is 8.08. The van der Waals surface area contributed by atoms with E-state index in [-0.39, 0.29) is 11.6 Å². The van der Waals surface area contributed by atoms with Crippen molar-refractivity contribution in [2.75, 3.05) is 0 Å². The summed E-state index contributed by atoms with van der Waals surface area (Å²) in [4.78, 5) is 19.9. The topological polar surface area (TPSA) is 63.6 Å². The molecule has 5 nitrogen and oxygen atoms in total. The smallest absolute Gasteiger partial charge is 0.262 e.